The van der Waals surface area contributed by atoms with E-state index in [-0.39, 0.29) is 56.9 Å². The molecule has 0 bridgehead atoms. The van der Waals surface area contributed by atoms with Crippen LogP contribution in [0.15, 0.2) is 84.9 Å². The third-order valence-electron chi connectivity index (χ3n) is 13.6. The minimum atomic E-state index is -4.58. The number of nitrogens with one attached hydrogen (secondary N) is 2. The Balaban J connectivity index is 0.000000235. The van der Waals surface area contributed by atoms with E-state index in [0.29, 0.717) is 93.7 Å². The fourth-order valence-corrected chi connectivity index (χ4v) is 10.2. The van der Waals surface area contributed by atoms with Crippen molar-refractivity contribution in [1.82, 2.24) is 30.2 Å². The number of carboxylic acids is 1. The van der Waals surface area contributed by atoms with Crippen LogP contribution in [0.1, 0.15) is 136 Å². The molecule has 0 aliphatic carbocycles. The zero-order valence-electron chi connectivity index (χ0n) is 45.2. The van der Waals surface area contributed by atoms with Crippen LogP contribution < -0.4 is 20.4 Å². The van der Waals surface area contributed by atoms with Crippen LogP contribution in [-0.2, 0) is 70.4 Å². The van der Waals surface area contributed by atoms with Gasteiger partial charge in [-0.2, -0.15) is 45.0 Å². The van der Waals surface area contributed by atoms with Crippen molar-refractivity contribution in [2.24, 2.45) is 0 Å². The third-order valence-corrected chi connectivity index (χ3v) is 14.2. The third kappa shape index (κ3) is 15.4. The van der Waals surface area contributed by atoms with Crippen molar-refractivity contribution in [3.63, 3.8) is 0 Å². The lowest BCUT2D eigenvalue weighted by Crippen LogP contribution is -2.29. The first-order chi connectivity index (χ1) is 38.1. The van der Waals surface area contributed by atoms with Gasteiger partial charge in [-0.3, -0.25) is 18.2 Å². The quantitative estimate of drug-likeness (QED) is 0.0282. The number of nitrogens with zero attached hydrogens (tertiary/aromatic N) is 6. The number of esters is 1. The van der Waals surface area contributed by atoms with Gasteiger partial charge in [-0.15, -0.1) is 0 Å². The summed E-state index contributed by atoms with van der Waals surface area (Å²) in [6.45, 7) is 8.30. The van der Waals surface area contributed by atoms with E-state index in [1.807, 2.05) is 9.80 Å². The van der Waals surface area contributed by atoms with Gasteiger partial charge in [0.25, 0.3) is 21.9 Å². The van der Waals surface area contributed by atoms with Crippen LogP contribution in [0.5, 0.6) is 0 Å². The number of halogens is 7. The number of hydrogen-bond acceptors (Lipinski definition) is 12. The van der Waals surface area contributed by atoms with Gasteiger partial charge in [0, 0.05) is 26.2 Å². The lowest BCUT2D eigenvalue weighted by molar-refractivity contribution is -0.138. The van der Waals surface area contributed by atoms with Crippen molar-refractivity contribution in [1.29, 1.82) is 0 Å². The molecule has 0 saturated carbocycles. The number of hydrogen-bond donors (Lipinski definition) is 3. The van der Waals surface area contributed by atoms with Crippen LogP contribution in [0.4, 0.5) is 42.4 Å². The van der Waals surface area contributed by atoms with Crippen molar-refractivity contribution in [3.8, 4) is 0 Å². The standard InChI is InChI=1S/C29H33F3N4O6S.C27H28F4N4O3/c1-18(22-7-9-23(10-8-22)28(38)41-3)33-26(37)25-19(2)34-36-12-11-35(27(25)36)17-21-14-20(6-5-13-42-43(4,39)40)15-24(16-21)29(30,31)32;1-16(20-5-7-21(8-6-20)26(37)38)32-24(36)23-17(2)33-35-11-10-34(25(23)35)15-19-12-18(4-3-9-28)13-22(14-19)27(29,30)31/h7-10,14-16,18H,5-6,11-13,17H2,1-4H3,(H,33,37);5-8,12-14,16H,3-4,9-11,15H2,1-2H3,(H,32,36)(H,37,38)/t18-;16-/m00/s1. The Morgan fingerprint density at radius 3 is 1.43 bits per heavy atom. The molecule has 0 fully saturated rings. The minimum absolute atomic E-state index is 0.104. The lowest BCUT2D eigenvalue weighted by atomic mass is 10.0. The number of ether oxygens (including phenoxy) is 1. The molecule has 2 aromatic heterocycles. The molecule has 25 heteroatoms. The van der Waals surface area contributed by atoms with Crippen LogP contribution in [0.3, 0.4) is 0 Å². The monoisotopic (exact) mass is 1150 g/mol. The normalized spacial score (nSPS) is 13.9. The molecule has 0 radical (unpaired) electrons. The molecule has 2 atom stereocenters. The number of fused-ring (bicyclic) bond motifs is 2. The van der Waals surface area contributed by atoms with Gasteiger partial charge in [0.15, 0.2) is 0 Å². The molecule has 81 heavy (non-hydrogen) atoms. The Bertz CT molecular complexity index is 3380. The first kappa shape index (κ1) is 60.8. The molecule has 4 aromatic carbocycles. The van der Waals surface area contributed by atoms with Gasteiger partial charge in [-0.1, -0.05) is 36.4 Å². The van der Waals surface area contributed by atoms with Crippen molar-refractivity contribution in [2.45, 2.75) is 104 Å². The Morgan fingerprint density at radius 2 is 1.05 bits per heavy atom. The number of aromatic nitrogens is 4. The second kappa shape index (κ2) is 25.3. The van der Waals surface area contributed by atoms with E-state index in [0.717, 1.165) is 36.1 Å². The molecule has 2 amide bonds. The number of anilines is 2. The first-order valence-electron chi connectivity index (χ1n) is 25.7. The summed E-state index contributed by atoms with van der Waals surface area (Å²) < 4.78 is 130. The molecular weight excluding hydrogens is 1090 g/mol. The number of rotatable bonds is 20. The predicted molar refractivity (Wildman–Crippen MR) is 285 cm³/mol. The van der Waals surface area contributed by atoms with Crippen molar-refractivity contribution >= 4 is 45.5 Å². The highest BCUT2D eigenvalue weighted by Gasteiger charge is 2.36. The predicted octanol–water partition coefficient (Wildman–Crippen LogP) is 9.74. The molecule has 2 aliphatic rings. The number of amides is 2. The summed E-state index contributed by atoms with van der Waals surface area (Å²) >= 11 is 0. The van der Waals surface area contributed by atoms with Crippen LogP contribution >= 0.6 is 0 Å². The van der Waals surface area contributed by atoms with Crippen molar-refractivity contribution in [2.75, 3.05) is 49.5 Å². The molecule has 0 unspecified atom stereocenters. The summed E-state index contributed by atoms with van der Waals surface area (Å²) in [4.78, 5) is 53.3. The number of benzene rings is 4. The number of carbonyl (C=O) groups excluding carboxylic acids is 3. The summed E-state index contributed by atoms with van der Waals surface area (Å²) in [5.74, 6) is -1.25. The highest BCUT2D eigenvalue weighted by atomic mass is 32.2. The lowest BCUT2D eigenvalue weighted by Gasteiger charge is -2.21. The van der Waals surface area contributed by atoms with Gasteiger partial charge in [-0.05, 0) is 135 Å². The van der Waals surface area contributed by atoms with E-state index < -0.39 is 70.2 Å². The first-order valence-corrected chi connectivity index (χ1v) is 27.5. The van der Waals surface area contributed by atoms with Gasteiger partial charge in [-0.25, -0.2) is 19.0 Å². The summed E-state index contributed by atoms with van der Waals surface area (Å²) in [5, 5.41) is 23.9. The maximum Gasteiger partial charge on any atom is 0.416 e. The number of methoxy groups -OCH3 is 1. The maximum atomic E-state index is 13.8. The minimum Gasteiger partial charge on any atom is -0.478 e. The number of carbonyl (C=O) groups is 4. The average molecular weight is 1160 g/mol. The number of alkyl halides is 7. The van der Waals surface area contributed by atoms with Gasteiger partial charge >= 0.3 is 24.3 Å². The number of aromatic carboxylic acids is 1. The average Bonchev–Trinajstić information content (AvgIpc) is 4.39. The van der Waals surface area contributed by atoms with Gasteiger partial charge in [0.1, 0.15) is 22.8 Å². The second-order valence-corrected chi connectivity index (χ2v) is 21.4. The molecular formula is C56H61F7N8O9S. The Hall–Kier alpha value is -7.80. The molecule has 0 saturated heterocycles. The van der Waals surface area contributed by atoms with E-state index in [4.69, 9.17) is 14.0 Å². The molecule has 0 spiro atoms. The highest BCUT2D eigenvalue weighted by Crippen LogP contribution is 2.36. The van der Waals surface area contributed by atoms with Crippen molar-refractivity contribution < 1.29 is 72.4 Å². The fraction of sp³-hybridized carbons (Fsp3) is 0.393. The highest BCUT2D eigenvalue weighted by molar-refractivity contribution is 7.85. The smallest absolute Gasteiger partial charge is 0.416 e. The van der Waals surface area contributed by atoms with Crippen LogP contribution in [0.2, 0.25) is 0 Å². The second-order valence-electron chi connectivity index (χ2n) is 19.8. The molecule has 17 nitrogen and oxygen atoms in total. The Kier molecular flexibility index (Phi) is 19.0. The van der Waals surface area contributed by atoms with E-state index in [1.165, 1.54) is 19.2 Å². The largest absolute Gasteiger partial charge is 0.478 e. The Morgan fingerprint density at radius 1 is 0.642 bits per heavy atom. The molecule has 8 rings (SSSR count). The van der Waals surface area contributed by atoms with E-state index in [2.05, 4.69) is 20.8 Å². The molecule has 4 heterocycles. The van der Waals surface area contributed by atoms with E-state index in [1.54, 1.807) is 85.6 Å². The van der Waals surface area contributed by atoms with Gasteiger partial charge < -0.3 is 30.3 Å². The fourth-order valence-electron chi connectivity index (χ4n) is 9.74. The molecule has 434 valence electrons. The zero-order valence-corrected chi connectivity index (χ0v) is 46.0. The van der Waals surface area contributed by atoms with E-state index >= 15 is 0 Å². The summed E-state index contributed by atoms with van der Waals surface area (Å²) in [6.07, 6.45) is -7.45. The number of carboxylic acid groups (broad SMARTS) is 1. The molecule has 2 aliphatic heterocycles. The van der Waals surface area contributed by atoms with Gasteiger partial charge in [0.05, 0.1) is 85.5 Å². The molecule has 6 aromatic rings. The van der Waals surface area contributed by atoms with Crippen LogP contribution in [0.25, 0.3) is 0 Å². The van der Waals surface area contributed by atoms with Crippen LogP contribution in [-0.4, -0.2) is 96.6 Å². The topological polar surface area (TPSA) is 207 Å². The SMILES string of the molecule is COC(=O)c1ccc([C@H](C)NC(=O)c2c(C)nn3c2N(Cc2cc(CCCOS(C)(=O)=O)cc(C(F)(F)F)c2)CC3)cc1.Cc1nn2c(c1C(=O)N[C@@H](C)c1ccc(C(=O)O)cc1)N(Cc1cc(CCCF)cc(C(F)(F)F)c1)CC2. The van der Waals surface area contributed by atoms with Gasteiger partial charge in [0.2, 0.25) is 0 Å². The van der Waals surface area contributed by atoms with E-state index in [9.17, 15) is 58.3 Å². The summed E-state index contributed by atoms with van der Waals surface area (Å²) in [5.41, 5.74) is 3.67. The zero-order chi connectivity index (χ0) is 59.1. The molecule has 3 N–H and O–H groups in total. The maximum absolute atomic E-state index is 13.8. The summed E-state index contributed by atoms with van der Waals surface area (Å²) in [6, 6.07) is 19.6. The number of aryl methyl sites for hydroxylation is 4. The van der Waals surface area contributed by atoms with Crippen molar-refractivity contribution in [3.05, 3.63) is 163 Å². The Labute approximate surface area is 463 Å². The summed E-state index contributed by atoms with van der Waals surface area (Å²) in [7, 11) is -2.35. The van der Waals surface area contributed by atoms with Crippen LogP contribution in [0, 0.1) is 13.8 Å².